The normalized spacial score (nSPS) is 12.3. The molecule has 0 saturated heterocycles. The quantitative estimate of drug-likeness (QED) is 0.726. The van der Waals surface area contributed by atoms with E-state index in [4.69, 9.17) is 16.3 Å². The van der Waals surface area contributed by atoms with Crippen molar-refractivity contribution >= 4 is 22.9 Å². The topological polar surface area (TPSA) is 74.3 Å². The molecule has 0 spiro atoms. The summed E-state index contributed by atoms with van der Waals surface area (Å²) < 4.78 is 5.51. The summed E-state index contributed by atoms with van der Waals surface area (Å²) in [6, 6.07) is 5.37. The van der Waals surface area contributed by atoms with Crippen molar-refractivity contribution in [3.05, 3.63) is 49.5 Å². The lowest BCUT2D eigenvalue weighted by molar-refractivity contribution is 0.106. The van der Waals surface area contributed by atoms with E-state index in [0.717, 1.165) is 22.6 Å². The molecule has 1 aromatic heterocycles. The number of aromatic amines is 1. The van der Waals surface area contributed by atoms with Crippen molar-refractivity contribution in [1.82, 2.24) is 10.3 Å². The SMILES string of the molecule is Cc1cc(OCC(O)CNCc2csc(=O)[nH]2)ccc1Cl. The first kappa shape index (κ1) is 16.0. The Labute approximate surface area is 131 Å². The number of ether oxygens (including phenoxy) is 1. The van der Waals surface area contributed by atoms with E-state index in [1.54, 1.807) is 17.5 Å². The zero-order valence-corrected chi connectivity index (χ0v) is 13.1. The van der Waals surface area contributed by atoms with E-state index in [-0.39, 0.29) is 11.5 Å². The number of aryl methyl sites for hydroxylation is 1. The van der Waals surface area contributed by atoms with Crippen molar-refractivity contribution in [2.24, 2.45) is 0 Å². The molecule has 7 heteroatoms. The molecule has 114 valence electrons. The minimum atomic E-state index is -0.633. The number of hydrogen-bond acceptors (Lipinski definition) is 5. The van der Waals surface area contributed by atoms with Crippen molar-refractivity contribution in [3.8, 4) is 5.75 Å². The molecule has 2 aromatic rings. The zero-order chi connectivity index (χ0) is 15.2. The van der Waals surface area contributed by atoms with E-state index in [2.05, 4.69) is 10.3 Å². The summed E-state index contributed by atoms with van der Waals surface area (Å²) in [7, 11) is 0. The van der Waals surface area contributed by atoms with E-state index in [1.807, 2.05) is 13.0 Å². The highest BCUT2D eigenvalue weighted by atomic mass is 35.5. The van der Waals surface area contributed by atoms with Gasteiger partial charge in [-0.2, -0.15) is 0 Å². The number of thiazole rings is 1. The molecule has 0 amide bonds. The van der Waals surface area contributed by atoms with Gasteiger partial charge in [-0.05, 0) is 30.7 Å². The standard InChI is InChI=1S/C14H17ClN2O3S/c1-9-4-12(2-3-13(9)15)20-7-11(18)6-16-5-10-8-21-14(19)17-10/h2-4,8,11,16,18H,5-7H2,1H3,(H,17,19). The summed E-state index contributed by atoms with van der Waals surface area (Å²) in [5, 5.41) is 15.3. The Bertz CT molecular complexity index is 641. The minimum Gasteiger partial charge on any atom is -0.491 e. The van der Waals surface area contributed by atoms with Crippen LogP contribution in [0.15, 0.2) is 28.4 Å². The van der Waals surface area contributed by atoms with Gasteiger partial charge >= 0.3 is 4.87 Å². The van der Waals surface area contributed by atoms with Crippen LogP contribution in [-0.2, 0) is 6.54 Å². The molecule has 1 aromatic carbocycles. The first-order chi connectivity index (χ1) is 10.0. The molecule has 0 aliphatic carbocycles. The molecule has 0 saturated carbocycles. The summed E-state index contributed by atoms with van der Waals surface area (Å²) in [6.07, 6.45) is -0.633. The molecule has 0 fully saturated rings. The number of aliphatic hydroxyl groups excluding tert-OH is 1. The van der Waals surface area contributed by atoms with Gasteiger partial charge in [0.1, 0.15) is 18.5 Å². The fraction of sp³-hybridized carbons (Fsp3) is 0.357. The van der Waals surface area contributed by atoms with Gasteiger partial charge in [0.05, 0.1) is 0 Å². The number of aliphatic hydroxyl groups is 1. The first-order valence-corrected chi connectivity index (χ1v) is 7.75. The Balaban J connectivity index is 1.70. The second-order valence-electron chi connectivity index (χ2n) is 4.68. The number of halogens is 1. The molecule has 0 radical (unpaired) electrons. The molecule has 1 heterocycles. The van der Waals surface area contributed by atoms with Gasteiger partial charge in [0, 0.05) is 29.2 Å². The number of aromatic nitrogens is 1. The Morgan fingerprint density at radius 3 is 3.00 bits per heavy atom. The van der Waals surface area contributed by atoms with Crippen LogP contribution in [-0.4, -0.2) is 29.3 Å². The maximum Gasteiger partial charge on any atom is 0.304 e. The third-order valence-electron chi connectivity index (χ3n) is 2.84. The number of hydrogen-bond donors (Lipinski definition) is 3. The molecular formula is C14H17ClN2O3S. The van der Waals surface area contributed by atoms with Gasteiger partial charge in [-0.15, -0.1) is 0 Å². The van der Waals surface area contributed by atoms with Crippen LogP contribution in [0, 0.1) is 6.92 Å². The predicted molar refractivity (Wildman–Crippen MR) is 84.3 cm³/mol. The van der Waals surface area contributed by atoms with E-state index >= 15 is 0 Å². The van der Waals surface area contributed by atoms with Gasteiger partial charge in [0.25, 0.3) is 0 Å². The van der Waals surface area contributed by atoms with Crippen LogP contribution < -0.4 is 14.9 Å². The molecule has 21 heavy (non-hydrogen) atoms. The number of rotatable bonds is 7. The zero-order valence-electron chi connectivity index (χ0n) is 11.6. The Hall–Kier alpha value is -1.34. The molecule has 1 unspecified atom stereocenters. The average Bonchev–Trinajstić information content (AvgIpc) is 2.86. The second kappa shape index (κ2) is 7.61. The molecule has 0 bridgehead atoms. The maximum atomic E-state index is 11.0. The van der Waals surface area contributed by atoms with Crippen LogP contribution >= 0.6 is 22.9 Å². The molecule has 3 N–H and O–H groups in total. The number of nitrogens with one attached hydrogen (secondary N) is 2. The van der Waals surface area contributed by atoms with Crippen LogP contribution in [0.3, 0.4) is 0 Å². The van der Waals surface area contributed by atoms with Gasteiger partial charge in [-0.1, -0.05) is 22.9 Å². The first-order valence-electron chi connectivity index (χ1n) is 6.49. The van der Waals surface area contributed by atoms with Crippen LogP contribution in [0.2, 0.25) is 5.02 Å². The van der Waals surface area contributed by atoms with Gasteiger partial charge in [0.15, 0.2) is 0 Å². The fourth-order valence-electron chi connectivity index (χ4n) is 1.73. The summed E-state index contributed by atoms with van der Waals surface area (Å²) in [6.45, 7) is 2.98. The Morgan fingerprint density at radius 2 is 2.33 bits per heavy atom. The molecule has 5 nitrogen and oxygen atoms in total. The summed E-state index contributed by atoms with van der Waals surface area (Å²) in [5.41, 5.74) is 1.75. The van der Waals surface area contributed by atoms with Gasteiger partial charge < -0.3 is 20.1 Å². The largest absolute Gasteiger partial charge is 0.491 e. The molecule has 0 aliphatic heterocycles. The average molecular weight is 329 g/mol. The van der Waals surface area contributed by atoms with Crippen LogP contribution in [0.5, 0.6) is 5.75 Å². The van der Waals surface area contributed by atoms with Crippen LogP contribution in [0.1, 0.15) is 11.3 Å². The maximum absolute atomic E-state index is 11.0. The molecule has 0 aliphatic rings. The lowest BCUT2D eigenvalue weighted by atomic mass is 10.2. The highest BCUT2D eigenvalue weighted by Gasteiger charge is 2.06. The summed E-state index contributed by atoms with van der Waals surface area (Å²) in [4.78, 5) is 13.6. The summed E-state index contributed by atoms with van der Waals surface area (Å²) >= 11 is 7.06. The van der Waals surface area contributed by atoms with Crippen molar-refractivity contribution in [2.45, 2.75) is 19.6 Å². The third kappa shape index (κ3) is 5.17. The smallest absolute Gasteiger partial charge is 0.304 e. The van der Waals surface area contributed by atoms with Gasteiger partial charge in [-0.3, -0.25) is 4.79 Å². The highest BCUT2D eigenvalue weighted by molar-refractivity contribution is 7.07. The minimum absolute atomic E-state index is 0.0752. The second-order valence-corrected chi connectivity index (χ2v) is 5.93. The third-order valence-corrected chi connectivity index (χ3v) is 3.98. The monoisotopic (exact) mass is 328 g/mol. The van der Waals surface area contributed by atoms with Crippen molar-refractivity contribution in [1.29, 1.82) is 0 Å². The van der Waals surface area contributed by atoms with Gasteiger partial charge in [0.2, 0.25) is 0 Å². The lowest BCUT2D eigenvalue weighted by Crippen LogP contribution is -2.31. The summed E-state index contributed by atoms with van der Waals surface area (Å²) in [5.74, 6) is 0.679. The molecule has 1 atom stereocenters. The highest BCUT2D eigenvalue weighted by Crippen LogP contribution is 2.21. The van der Waals surface area contributed by atoms with E-state index < -0.39 is 6.10 Å². The van der Waals surface area contributed by atoms with E-state index in [9.17, 15) is 9.90 Å². The van der Waals surface area contributed by atoms with Crippen molar-refractivity contribution < 1.29 is 9.84 Å². The van der Waals surface area contributed by atoms with Crippen molar-refractivity contribution in [3.63, 3.8) is 0 Å². The van der Waals surface area contributed by atoms with Crippen molar-refractivity contribution in [2.75, 3.05) is 13.2 Å². The molecule has 2 rings (SSSR count). The Kier molecular flexibility index (Phi) is 5.81. The van der Waals surface area contributed by atoms with Gasteiger partial charge in [-0.25, -0.2) is 0 Å². The van der Waals surface area contributed by atoms with E-state index in [0.29, 0.717) is 23.9 Å². The van der Waals surface area contributed by atoms with E-state index in [1.165, 1.54) is 0 Å². The number of benzene rings is 1. The fourth-order valence-corrected chi connectivity index (χ4v) is 2.43. The number of H-pyrrole nitrogens is 1. The lowest BCUT2D eigenvalue weighted by Gasteiger charge is -2.13. The Morgan fingerprint density at radius 1 is 1.52 bits per heavy atom. The van der Waals surface area contributed by atoms with Crippen LogP contribution in [0.25, 0.3) is 0 Å². The van der Waals surface area contributed by atoms with Crippen LogP contribution in [0.4, 0.5) is 0 Å². The molecular weight excluding hydrogens is 312 g/mol. The predicted octanol–water partition coefficient (Wildman–Crippen LogP) is 1.93.